The first-order chi connectivity index (χ1) is 15.7. The molecule has 2 aliphatic rings. The minimum atomic E-state index is -0.286. The van der Waals surface area contributed by atoms with E-state index in [-0.39, 0.29) is 17.6 Å². The summed E-state index contributed by atoms with van der Waals surface area (Å²) in [5.74, 6) is 0.178. The topological polar surface area (TPSA) is 65.8 Å². The maximum absolute atomic E-state index is 12.8. The zero-order chi connectivity index (χ0) is 21.9. The van der Waals surface area contributed by atoms with E-state index in [0.29, 0.717) is 23.7 Å². The fourth-order valence-electron chi connectivity index (χ4n) is 4.87. The van der Waals surface area contributed by atoms with Gasteiger partial charge in [-0.15, -0.1) is 0 Å². The molecule has 0 aliphatic carbocycles. The molecule has 0 radical (unpaired) electrons. The third-order valence-corrected chi connectivity index (χ3v) is 6.69. The monoisotopic (exact) mass is 431 g/mol. The van der Waals surface area contributed by atoms with Gasteiger partial charge < -0.3 is 19.5 Å². The van der Waals surface area contributed by atoms with Crippen molar-refractivity contribution in [3.63, 3.8) is 0 Å². The first-order valence-electron chi connectivity index (χ1n) is 11.6. The van der Waals surface area contributed by atoms with Crippen molar-refractivity contribution in [1.82, 2.24) is 9.80 Å². The summed E-state index contributed by atoms with van der Waals surface area (Å²) in [4.78, 5) is 29.9. The number of hydrogen-bond acceptors (Lipinski definition) is 4. The van der Waals surface area contributed by atoms with Crippen molar-refractivity contribution in [2.24, 2.45) is 0 Å². The Morgan fingerprint density at radius 3 is 2.38 bits per heavy atom. The summed E-state index contributed by atoms with van der Waals surface area (Å²) in [6.07, 6.45) is 5.19. The van der Waals surface area contributed by atoms with E-state index >= 15 is 0 Å². The molecule has 6 heteroatoms. The van der Waals surface area contributed by atoms with Crippen molar-refractivity contribution >= 4 is 28.5 Å². The number of hydrogen-bond donors (Lipinski definition) is 1. The van der Waals surface area contributed by atoms with Crippen molar-refractivity contribution < 1.29 is 14.0 Å². The standard InChI is InChI=1S/C26H29N3O3/c30-25(29-15-11-22(12-16-29)28-13-3-4-14-28)17-19-7-9-21(10-8-19)27-26(31)24-18-20-5-1-2-6-23(20)32-24/h1-2,5-10,18,22H,3-4,11-17H2,(H,27,31). The molecule has 1 N–H and O–H groups in total. The van der Waals surface area contributed by atoms with E-state index in [0.717, 1.165) is 36.9 Å². The summed E-state index contributed by atoms with van der Waals surface area (Å²) in [7, 11) is 0. The molecule has 2 fully saturated rings. The normalized spacial score (nSPS) is 17.7. The van der Waals surface area contributed by atoms with Gasteiger partial charge in [0.15, 0.2) is 5.76 Å². The lowest BCUT2D eigenvalue weighted by Gasteiger charge is -2.36. The third kappa shape index (κ3) is 4.55. The van der Waals surface area contributed by atoms with E-state index in [1.54, 1.807) is 6.07 Å². The van der Waals surface area contributed by atoms with E-state index < -0.39 is 0 Å². The number of carbonyl (C=O) groups is 2. The molecule has 3 heterocycles. The Morgan fingerprint density at radius 1 is 0.938 bits per heavy atom. The van der Waals surface area contributed by atoms with Crippen LogP contribution in [0.15, 0.2) is 59.0 Å². The predicted octanol–water partition coefficient (Wildman–Crippen LogP) is 4.31. The number of nitrogens with zero attached hydrogens (tertiary/aromatic N) is 2. The zero-order valence-corrected chi connectivity index (χ0v) is 18.3. The van der Waals surface area contributed by atoms with E-state index in [1.807, 2.05) is 53.4 Å². The molecule has 32 heavy (non-hydrogen) atoms. The number of furan rings is 1. The van der Waals surface area contributed by atoms with Crippen LogP contribution >= 0.6 is 0 Å². The van der Waals surface area contributed by atoms with Crippen LogP contribution in [0.5, 0.6) is 0 Å². The number of piperidine rings is 1. The summed E-state index contributed by atoms with van der Waals surface area (Å²) >= 11 is 0. The average Bonchev–Trinajstić information content (AvgIpc) is 3.51. The number of carbonyl (C=O) groups excluding carboxylic acids is 2. The molecule has 166 valence electrons. The first-order valence-corrected chi connectivity index (χ1v) is 11.6. The van der Waals surface area contributed by atoms with Crippen molar-refractivity contribution in [3.8, 4) is 0 Å². The highest BCUT2D eigenvalue weighted by Gasteiger charge is 2.28. The van der Waals surface area contributed by atoms with Crippen LogP contribution < -0.4 is 5.32 Å². The lowest BCUT2D eigenvalue weighted by molar-refractivity contribution is -0.132. The van der Waals surface area contributed by atoms with E-state index in [9.17, 15) is 9.59 Å². The highest BCUT2D eigenvalue weighted by Crippen LogP contribution is 2.22. The van der Waals surface area contributed by atoms with E-state index in [2.05, 4.69) is 10.2 Å². The summed E-state index contributed by atoms with van der Waals surface area (Å²) in [5, 5.41) is 3.76. The molecule has 0 bridgehead atoms. The molecule has 0 saturated carbocycles. The minimum absolute atomic E-state index is 0.184. The predicted molar refractivity (Wildman–Crippen MR) is 125 cm³/mol. The molecule has 2 aliphatic heterocycles. The highest BCUT2D eigenvalue weighted by molar-refractivity contribution is 6.04. The maximum atomic E-state index is 12.8. The number of benzene rings is 2. The highest BCUT2D eigenvalue weighted by atomic mass is 16.3. The summed E-state index contributed by atoms with van der Waals surface area (Å²) in [6.45, 7) is 4.15. The second kappa shape index (κ2) is 9.17. The molecule has 2 saturated heterocycles. The Balaban J connectivity index is 1.13. The van der Waals surface area contributed by atoms with Gasteiger partial charge in [0.1, 0.15) is 5.58 Å². The van der Waals surface area contributed by atoms with Gasteiger partial charge >= 0.3 is 0 Å². The first kappa shape index (κ1) is 20.8. The molecular weight excluding hydrogens is 402 g/mol. The van der Waals surface area contributed by atoms with Crippen molar-refractivity contribution in [1.29, 1.82) is 0 Å². The van der Waals surface area contributed by atoms with Crippen LogP contribution in [0.2, 0.25) is 0 Å². The average molecular weight is 432 g/mol. The molecule has 2 amide bonds. The van der Waals surface area contributed by atoms with Crippen LogP contribution in [0.1, 0.15) is 41.8 Å². The number of rotatable bonds is 5. The number of nitrogens with one attached hydrogen (secondary N) is 1. The fourth-order valence-corrected chi connectivity index (χ4v) is 4.87. The van der Waals surface area contributed by atoms with Crippen LogP contribution in [-0.2, 0) is 11.2 Å². The molecule has 0 atom stereocenters. The quantitative estimate of drug-likeness (QED) is 0.654. The van der Waals surface area contributed by atoms with Gasteiger partial charge in [-0.05, 0) is 68.6 Å². The van der Waals surface area contributed by atoms with Crippen LogP contribution in [-0.4, -0.2) is 53.8 Å². The lowest BCUT2D eigenvalue weighted by atomic mass is 10.0. The van der Waals surface area contributed by atoms with Gasteiger partial charge in [0.05, 0.1) is 6.42 Å². The Bertz CT molecular complexity index is 1060. The van der Waals surface area contributed by atoms with Crippen LogP contribution in [0.4, 0.5) is 5.69 Å². The van der Waals surface area contributed by atoms with Crippen molar-refractivity contribution in [2.45, 2.75) is 38.1 Å². The second-order valence-corrected chi connectivity index (χ2v) is 8.83. The third-order valence-electron chi connectivity index (χ3n) is 6.69. The van der Waals surface area contributed by atoms with Crippen LogP contribution in [0, 0.1) is 0 Å². The number of fused-ring (bicyclic) bond motifs is 1. The van der Waals surface area contributed by atoms with Crippen molar-refractivity contribution in [3.05, 3.63) is 65.9 Å². The number of amides is 2. The van der Waals surface area contributed by atoms with Crippen LogP contribution in [0.25, 0.3) is 11.0 Å². The SMILES string of the molecule is O=C(Nc1ccc(CC(=O)N2CCC(N3CCCC3)CC2)cc1)c1cc2ccccc2o1. The Labute approximate surface area is 188 Å². The molecule has 5 rings (SSSR count). The van der Waals surface area contributed by atoms with Crippen LogP contribution in [0.3, 0.4) is 0 Å². The van der Waals surface area contributed by atoms with Gasteiger partial charge in [0.25, 0.3) is 5.91 Å². The van der Waals surface area contributed by atoms with E-state index in [4.69, 9.17) is 4.42 Å². The lowest BCUT2D eigenvalue weighted by Crippen LogP contribution is -2.46. The van der Waals surface area contributed by atoms with Gasteiger partial charge in [-0.2, -0.15) is 0 Å². The molecule has 6 nitrogen and oxygen atoms in total. The number of likely N-dealkylation sites (tertiary alicyclic amines) is 2. The van der Waals surface area contributed by atoms with E-state index in [1.165, 1.54) is 25.9 Å². The maximum Gasteiger partial charge on any atom is 0.291 e. The molecular formula is C26H29N3O3. The van der Waals surface area contributed by atoms with Gasteiger partial charge in [-0.3, -0.25) is 9.59 Å². The Hall–Kier alpha value is -3.12. The zero-order valence-electron chi connectivity index (χ0n) is 18.3. The minimum Gasteiger partial charge on any atom is -0.451 e. The molecule has 1 aromatic heterocycles. The van der Waals surface area contributed by atoms with Gasteiger partial charge in [0.2, 0.25) is 5.91 Å². The van der Waals surface area contributed by atoms with Crippen molar-refractivity contribution in [2.75, 3.05) is 31.5 Å². The van der Waals surface area contributed by atoms with Gasteiger partial charge in [0, 0.05) is 30.2 Å². The number of para-hydroxylation sites is 1. The number of anilines is 1. The van der Waals surface area contributed by atoms with Gasteiger partial charge in [-0.25, -0.2) is 0 Å². The molecule has 0 spiro atoms. The molecule has 0 unspecified atom stereocenters. The Morgan fingerprint density at radius 2 is 1.66 bits per heavy atom. The summed E-state index contributed by atoms with van der Waals surface area (Å²) in [5.41, 5.74) is 2.33. The molecule has 2 aromatic carbocycles. The van der Waals surface area contributed by atoms with Gasteiger partial charge in [-0.1, -0.05) is 30.3 Å². The fraction of sp³-hybridized carbons (Fsp3) is 0.385. The second-order valence-electron chi connectivity index (χ2n) is 8.83. The largest absolute Gasteiger partial charge is 0.451 e. The molecule has 3 aromatic rings. The smallest absolute Gasteiger partial charge is 0.291 e. The summed E-state index contributed by atoms with van der Waals surface area (Å²) in [6, 6.07) is 17.4. The Kier molecular flexibility index (Phi) is 5.95. The summed E-state index contributed by atoms with van der Waals surface area (Å²) < 4.78 is 5.62.